The molecule has 1 aromatic rings. The van der Waals surface area contributed by atoms with Crippen LogP contribution in [-0.2, 0) is 0 Å². The molecular formula is C8H7F2NO3. The first-order valence-electron chi connectivity index (χ1n) is 3.53. The van der Waals surface area contributed by atoms with E-state index in [1.54, 1.807) is 0 Å². The third-order valence-corrected chi connectivity index (χ3v) is 1.62. The highest BCUT2D eigenvalue weighted by Gasteiger charge is 2.21. The quantitative estimate of drug-likeness (QED) is 0.709. The van der Waals surface area contributed by atoms with E-state index in [1.165, 1.54) is 0 Å². The summed E-state index contributed by atoms with van der Waals surface area (Å²) in [5.74, 6) is -4.70. The summed E-state index contributed by atoms with van der Waals surface area (Å²) in [5.41, 5.74) is 3.93. The second-order valence-electron chi connectivity index (χ2n) is 2.48. The molecule has 1 rings (SSSR count). The molecule has 0 atom stereocenters. The van der Waals surface area contributed by atoms with Gasteiger partial charge in [-0.3, -0.25) is 0 Å². The highest BCUT2D eigenvalue weighted by molar-refractivity contribution is 5.89. The van der Waals surface area contributed by atoms with Crippen molar-refractivity contribution in [2.24, 2.45) is 0 Å². The molecule has 0 aliphatic heterocycles. The van der Waals surface area contributed by atoms with Crippen LogP contribution in [-0.4, -0.2) is 18.2 Å². The van der Waals surface area contributed by atoms with Gasteiger partial charge in [0.1, 0.15) is 5.56 Å². The van der Waals surface area contributed by atoms with Crippen molar-refractivity contribution in [1.29, 1.82) is 0 Å². The molecule has 0 spiro atoms. The van der Waals surface area contributed by atoms with E-state index in [-0.39, 0.29) is 0 Å². The molecule has 0 bridgehead atoms. The fourth-order valence-corrected chi connectivity index (χ4v) is 0.967. The van der Waals surface area contributed by atoms with Gasteiger partial charge in [0.25, 0.3) is 0 Å². The first kappa shape index (κ1) is 10.2. The number of methoxy groups -OCH3 is 1. The van der Waals surface area contributed by atoms with Gasteiger partial charge in [0.15, 0.2) is 17.4 Å². The molecule has 0 aromatic heterocycles. The number of carboxylic acid groups (broad SMARTS) is 1. The van der Waals surface area contributed by atoms with Crippen LogP contribution < -0.4 is 10.5 Å². The zero-order valence-electron chi connectivity index (χ0n) is 7.17. The molecule has 0 radical (unpaired) electrons. The van der Waals surface area contributed by atoms with E-state index in [4.69, 9.17) is 10.8 Å². The Morgan fingerprint density at radius 1 is 1.50 bits per heavy atom. The summed E-state index contributed by atoms with van der Waals surface area (Å²) < 4.78 is 30.5. The fourth-order valence-electron chi connectivity index (χ4n) is 0.967. The van der Waals surface area contributed by atoms with Gasteiger partial charge < -0.3 is 15.6 Å². The van der Waals surface area contributed by atoms with Gasteiger partial charge in [-0.2, -0.15) is 0 Å². The number of benzene rings is 1. The standard InChI is InChI=1S/C8H7F2NO3/c1-14-7-5(9)3(8(12)13)2-4(11)6(7)10/h2H,11H2,1H3,(H,12,13). The molecule has 0 fully saturated rings. The zero-order chi connectivity index (χ0) is 10.9. The SMILES string of the molecule is COc1c(F)c(N)cc(C(=O)O)c1F. The number of hydrogen-bond donors (Lipinski definition) is 2. The van der Waals surface area contributed by atoms with E-state index in [2.05, 4.69) is 4.74 Å². The normalized spacial score (nSPS) is 9.93. The molecule has 14 heavy (non-hydrogen) atoms. The second kappa shape index (κ2) is 3.49. The molecule has 3 N–H and O–H groups in total. The average Bonchev–Trinajstić information content (AvgIpc) is 2.12. The number of ether oxygens (including phenoxy) is 1. The largest absolute Gasteiger partial charge is 0.491 e. The van der Waals surface area contributed by atoms with Crippen molar-refractivity contribution in [3.05, 3.63) is 23.3 Å². The van der Waals surface area contributed by atoms with Gasteiger partial charge in [0.2, 0.25) is 0 Å². The minimum absolute atomic E-state index is 0.472. The maximum atomic E-state index is 13.2. The Labute approximate surface area is 77.9 Å². The van der Waals surface area contributed by atoms with Gasteiger partial charge in [0, 0.05) is 0 Å². The molecule has 0 aliphatic carbocycles. The summed E-state index contributed by atoms with van der Waals surface area (Å²) in [6.45, 7) is 0. The van der Waals surface area contributed by atoms with Crippen LogP contribution in [0.15, 0.2) is 6.07 Å². The first-order valence-corrected chi connectivity index (χ1v) is 3.53. The third kappa shape index (κ3) is 1.46. The van der Waals surface area contributed by atoms with Crippen molar-refractivity contribution < 1.29 is 23.4 Å². The Morgan fingerprint density at radius 3 is 2.50 bits per heavy atom. The lowest BCUT2D eigenvalue weighted by atomic mass is 10.1. The molecule has 4 nitrogen and oxygen atoms in total. The minimum Gasteiger partial charge on any atom is -0.491 e. The van der Waals surface area contributed by atoms with Crippen molar-refractivity contribution in [2.75, 3.05) is 12.8 Å². The lowest BCUT2D eigenvalue weighted by molar-refractivity contribution is 0.0691. The monoisotopic (exact) mass is 203 g/mol. The van der Waals surface area contributed by atoms with Crippen LogP contribution in [0.4, 0.5) is 14.5 Å². The number of halogens is 2. The summed E-state index contributed by atoms with van der Waals surface area (Å²) in [7, 11) is 1.02. The number of rotatable bonds is 2. The number of anilines is 1. The van der Waals surface area contributed by atoms with E-state index in [0.29, 0.717) is 6.07 Å². The molecule has 0 saturated carbocycles. The van der Waals surface area contributed by atoms with Gasteiger partial charge in [-0.15, -0.1) is 0 Å². The van der Waals surface area contributed by atoms with Crippen molar-refractivity contribution in [3.8, 4) is 5.75 Å². The molecule has 0 unspecified atom stereocenters. The number of carbonyl (C=O) groups is 1. The van der Waals surface area contributed by atoms with Crippen molar-refractivity contribution in [1.82, 2.24) is 0 Å². The molecule has 0 heterocycles. The Hall–Kier alpha value is -1.85. The molecule has 76 valence electrons. The summed E-state index contributed by atoms with van der Waals surface area (Å²) in [6, 6.07) is 0.704. The van der Waals surface area contributed by atoms with Gasteiger partial charge >= 0.3 is 5.97 Å². The number of aromatic carboxylic acids is 1. The van der Waals surface area contributed by atoms with E-state index in [9.17, 15) is 13.6 Å². The molecule has 6 heteroatoms. The van der Waals surface area contributed by atoms with Crippen molar-refractivity contribution in [2.45, 2.75) is 0 Å². The number of nitrogens with two attached hydrogens (primary N) is 1. The van der Waals surface area contributed by atoms with Crippen LogP contribution in [0.2, 0.25) is 0 Å². The Kier molecular flexibility index (Phi) is 2.55. The first-order chi connectivity index (χ1) is 6.49. The Balaban J connectivity index is 3.50. The Morgan fingerprint density at radius 2 is 2.07 bits per heavy atom. The van der Waals surface area contributed by atoms with E-state index in [0.717, 1.165) is 7.11 Å². The van der Waals surface area contributed by atoms with Gasteiger partial charge in [-0.05, 0) is 6.07 Å². The highest BCUT2D eigenvalue weighted by atomic mass is 19.1. The summed E-state index contributed by atoms with van der Waals surface area (Å²) in [6.07, 6.45) is 0. The number of carboxylic acids is 1. The molecule has 0 saturated heterocycles. The van der Waals surface area contributed by atoms with Crippen molar-refractivity contribution >= 4 is 11.7 Å². The van der Waals surface area contributed by atoms with Gasteiger partial charge in [0.05, 0.1) is 12.8 Å². The van der Waals surface area contributed by atoms with Crippen LogP contribution in [0.25, 0.3) is 0 Å². The van der Waals surface area contributed by atoms with Crippen LogP contribution in [0.1, 0.15) is 10.4 Å². The Bertz CT molecular complexity index is 393. The predicted molar refractivity (Wildman–Crippen MR) is 44.3 cm³/mol. The van der Waals surface area contributed by atoms with Crippen LogP contribution >= 0.6 is 0 Å². The minimum atomic E-state index is -1.53. The summed E-state index contributed by atoms with van der Waals surface area (Å²) >= 11 is 0. The maximum Gasteiger partial charge on any atom is 0.338 e. The van der Waals surface area contributed by atoms with E-state index >= 15 is 0 Å². The number of nitrogen functional groups attached to an aromatic ring is 1. The van der Waals surface area contributed by atoms with Crippen molar-refractivity contribution in [3.63, 3.8) is 0 Å². The molecular weight excluding hydrogens is 196 g/mol. The average molecular weight is 203 g/mol. The van der Waals surface area contributed by atoms with Gasteiger partial charge in [-0.25, -0.2) is 13.6 Å². The molecule has 1 aromatic carbocycles. The molecule has 0 aliphatic rings. The third-order valence-electron chi connectivity index (χ3n) is 1.62. The van der Waals surface area contributed by atoms with E-state index in [1.807, 2.05) is 0 Å². The smallest absolute Gasteiger partial charge is 0.338 e. The van der Waals surface area contributed by atoms with Crippen LogP contribution in [0.5, 0.6) is 5.75 Å². The fraction of sp³-hybridized carbons (Fsp3) is 0.125. The lowest BCUT2D eigenvalue weighted by Gasteiger charge is -2.07. The summed E-state index contributed by atoms with van der Waals surface area (Å²) in [4.78, 5) is 10.5. The summed E-state index contributed by atoms with van der Waals surface area (Å²) in [5, 5.41) is 8.53. The van der Waals surface area contributed by atoms with Crippen LogP contribution in [0.3, 0.4) is 0 Å². The topological polar surface area (TPSA) is 72.5 Å². The van der Waals surface area contributed by atoms with E-state index < -0.39 is 34.6 Å². The molecule has 0 amide bonds. The maximum absolute atomic E-state index is 13.2. The second-order valence-corrected chi connectivity index (χ2v) is 2.48. The van der Waals surface area contributed by atoms with Crippen LogP contribution in [0, 0.1) is 11.6 Å². The zero-order valence-corrected chi connectivity index (χ0v) is 7.17. The highest BCUT2D eigenvalue weighted by Crippen LogP contribution is 2.28. The predicted octanol–water partition coefficient (Wildman–Crippen LogP) is 1.25. The van der Waals surface area contributed by atoms with Gasteiger partial charge in [-0.1, -0.05) is 0 Å². The lowest BCUT2D eigenvalue weighted by Crippen LogP contribution is -2.07. The number of hydrogen-bond acceptors (Lipinski definition) is 3.